The third-order valence-corrected chi connectivity index (χ3v) is 4.67. The van der Waals surface area contributed by atoms with Gasteiger partial charge in [0, 0.05) is 48.1 Å². The zero-order valence-electron chi connectivity index (χ0n) is 15.5. The van der Waals surface area contributed by atoms with E-state index in [1.807, 2.05) is 4.90 Å². The fourth-order valence-corrected chi connectivity index (χ4v) is 3.06. The fraction of sp³-hybridized carbons (Fsp3) is 0.222. The SMILES string of the molecule is O=C(N/N=C\c1cc([N+](=O)[O-])ccc1N1CCOCC1)c1ccc(Cl)c([N+](=O)[O-])c1. The van der Waals surface area contributed by atoms with Crippen molar-refractivity contribution in [2.24, 2.45) is 5.10 Å². The van der Waals surface area contributed by atoms with E-state index >= 15 is 0 Å². The number of hydrazone groups is 1. The second kappa shape index (κ2) is 9.29. The Kier molecular flexibility index (Phi) is 6.54. The Morgan fingerprint density at radius 2 is 1.87 bits per heavy atom. The Hall–Kier alpha value is -3.57. The number of hydrogen-bond acceptors (Lipinski definition) is 8. The van der Waals surface area contributed by atoms with Crippen LogP contribution in [0.4, 0.5) is 17.1 Å². The lowest BCUT2D eigenvalue weighted by Gasteiger charge is -2.29. The van der Waals surface area contributed by atoms with E-state index in [4.69, 9.17) is 16.3 Å². The summed E-state index contributed by atoms with van der Waals surface area (Å²) in [4.78, 5) is 35.1. The predicted octanol–water partition coefficient (Wildman–Crippen LogP) is 2.76. The fourth-order valence-electron chi connectivity index (χ4n) is 2.87. The highest BCUT2D eigenvalue weighted by molar-refractivity contribution is 6.32. The molecule has 0 radical (unpaired) electrons. The minimum Gasteiger partial charge on any atom is -0.378 e. The molecule has 2 aromatic rings. The summed E-state index contributed by atoms with van der Waals surface area (Å²) in [6, 6.07) is 7.98. The maximum Gasteiger partial charge on any atom is 0.288 e. The van der Waals surface area contributed by atoms with E-state index in [-0.39, 0.29) is 16.3 Å². The second-order valence-corrected chi connectivity index (χ2v) is 6.63. The molecule has 0 saturated carbocycles. The van der Waals surface area contributed by atoms with Crippen LogP contribution in [0.15, 0.2) is 41.5 Å². The van der Waals surface area contributed by atoms with Crippen LogP contribution in [0.1, 0.15) is 15.9 Å². The van der Waals surface area contributed by atoms with E-state index in [2.05, 4.69) is 10.5 Å². The van der Waals surface area contributed by atoms with Crippen LogP contribution in [0.5, 0.6) is 0 Å². The molecule has 1 saturated heterocycles. The van der Waals surface area contributed by atoms with E-state index in [9.17, 15) is 25.0 Å². The van der Waals surface area contributed by atoms with Crippen molar-refractivity contribution in [3.63, 3.8) is 0 Å². The molecule has 3 rings (SSSR count). The first-order valence-electron chi connectivity index (χ1n) is 8.75. The molecule has 30 heavy (non-hydrogen) atoms. The molecule has 11 nitrogen and oxygen atoms in total. The molecule has 2 aromatic carbocycles. The minimum absolute atomic E-state index is 0.00399. The standard InChI is InChI=1S/C18H16ClN5O6/c19-15-3-1-12(10-17(15)24(28)29)18(25)21-20-11-13-9-14(23(26)27)2-4-16(13)22-5-7-30-8-6-22/h1-4,9-11H,5-8H2,(H,21,25)/b20-11-. The second-order valence-electron chi connectivity index (χ2n) is 6.22. The van der Waals surface area contributed by atoms with Gasteiger partial charge >= 0.3 is 0 Å². The van der Waals surface area contributed by atoms with Crippen molar-refractivity contribution < 1.29 is 19.4 Å². The Labute approximate surface area is 175 Å². The first-order chi connectivity index (χ1) is 14.4. The third-order valence-electron chi connectivity index (χ3n) is 4.35. The molecule has 1 N–H and O–H groups in total. The number of amides is 1. The van der Waals surface area contributed by atoms with Gasteiger partial charge < -0.3 is 9.64 Å². The van der Waals surface area contributed by atoms with Crippen LogP contribution in [-0.2, 0) is 4.74 Å². The molecule has 1 fully saturated rings. The molecule has 0 bridgehead atoms. The van der Waals surface area contributed by atoms with Crippen molar-refractivity contribution >= 4 is 40.8 Å². The van der Waals surface area contributed by atoms with Gasteiger partial charge in [-0.15, -0.1) is 0 Å². The number of halogens is 1. The van der Waals surface area contributed by atoms with E-state index < -0.39 is 21.4 Å². The van der Waals surface area contributed by atoms with Crippen LogP contribution in [-0.4, -0.2) is 48.3 Å². The topological polar surface area (TPSA) is 140 Å². The lowest BCUT2D eigenvalue weighted by atomic mass is 10.1. The first-order valence-corrected chi connectivity index (χ1v) is 9.13. The Morgan fingerprint density at radius 1 is 1.13 bits per heavy atom. The van der Waals surface area contributed by atoms with Gasteiger partial charge in [0.25, 0.3) is 17.3 Å². The number of benzene rings is 2. The number of nitro groups is 2. The van der Waals surface area contributed by atoms with E-state index in [1.54, 1.807) is 6.07 Å². The maximum atomic E-state index is 12.3. The highest BCUT2D eigenvalue weighted by Crippen LogP contribution is 2.26. The van der Waals surface area contributed by atoms with Gasteiger partial charge in [0.15, 0.2) is 0 Å². The van der Waals surface area contributed by atoms with E-state index in [0.717, 1.165) is 6.07 Å². The van der Waals surface area contributed by atoms with Gasteiger partial charge in [-0.2, -0.15) is 5.10 Å². The van der Waals surface area contributed by atoms with Gasteiger partial charge in [-0.1, -0.05) is 11.6 Å². The summed E-state index contributed by atoms with van der Waals surface area (Å²) in [6.07, 6.45) is 1.29. The number of morpholine rings is 1. The Bertz CT molecular complexity index is 1020. The van der Waals surface area contributed by atoms with Crippen LogP contribution in [0, 0.1) is 20.2 Å². The van der Waals surface area contributed by atoms with Crippen molar-refractivity contribution in [3.8, 4) is 0 Å². The first kappa shape index (κ1) is 21.1. The highest BCUT2D eigenvalue weighted by Gasteiger charge is 2.18. The van der Waals surface area contributed by atoms with E-state index in [0.29, 0.717) is 37.6 Å². The number of rotatable bonds is 6. The molecule has 1 amide bonds. The number of non-ortho nitro benzene ring substituents is 1. The molecule has 12 heteroatoms. The maximum absolute atomic E-state index is 12.3. The summed E-state index contributed by atoms with van der Waals surface area (Å²) in [5, 5.41) is 25.8. The number of carbonyl (C=O) groups is 1. The Morgan fingerprint density at radius 3 is 2.53 bits per heavy atom. The van der Waals surface area contributed by atoms with Crippen LogP contribution in [0.2, 0.25) is 5.02 Å². The molecule has 0 aliphatic carbocycles. The average Bonchev–Trinajstić information content (AvgIpc) is 2.74. The largest absolute Gasteiger partial charge is 0.378 e. The number of nitro benzene ring substituents is 2. The van der Waals surface area contributed by atoms with Crippen molar-refractivity contribution in [1.29, 1.82) is 0 Å². The summed E-state index contributed by atoms with van der Waals surface area (Å²) in [6.45, 7) is 2.28. The molecule has 0 unspecified atom stereocenters. The summed E-state index contributed by atoms with van der Waals surface area (Å²) >= 11 is 5.74. The number of anilines is 1. The summed E-state index contributed by atoms with van der Waals surface area (Å²) < 4.78 is 5.32. The Balaban J connectivity index is 1.81. The molecule has 0 atom stereocenters. The minimum atomic E-state index is -0.694. The van der Waals surface area contributed by atoms with Gasteiger partial charge in [-0.25, -0.2) is 5.43 Å². The van der Waals surface area contributed by atoms with Gasteiger partial charge in [0.1, 0.15) is 5.02 Å². The molecule has 0 spiro atoms. The smallest absolute Gasteiger partial charge is 0.288 e. The summed E-state index contributed by atoms with van der Waals surface area (Å²) in [5.41, 5.74) is 2.89. The molecule has 1 aliphatic rings. The van der Waals surface area contributed by atoms with E-state index in [1.165, 1.54) is 30.5 Å². The van der Waals surface area contributed by atoms with Gasteiger partial charge in [-0.05, 0) is 18.2 Å². The summed E-state index contributed by atoms with van der Waals surface area (Å²) in [5.74, 6) is -0.690. The lowest BCUT2D eigenvalue weighted by Crippen LogP contribution is -2.36. The van der Waals surface area contributed by atoms with Crippen LogP contribution < -0.4 is 10.3 Å². The zero-order valence-corrected chi connectivity index (χ0v) is 16.2. The van der Waals surface area contributed by atoms with Crippen molar-refractivity contribution in [2.45, 2.75) is 0 Å². The molecule has 0 aromatic heterocycles. The number of nitrogens with one attached hydrogen (secondary N) is 1. The molecular formula is C18H16ClN5O6. The van der Waals surface area contributed by atoms with Crippen molar-refractivity contribution in [3.05, 3.63) is 72.8 Å². The van der Waals surface area contributed by atoms with Crippen LogP contribution in [0.25, 0.3) is 0 Å². The van der Waals surface area contributed by atoms with Crippen molar-refractivity contribution in [2.75, 3.05) is 31.2 Å². The zero-order chi connectivity index (χ0) is 21.7. The van der Waals surface area contributed by atoms with Crippen LogP contribution in [0.3, 0.4) is 0 Å². The third kappa shape index (κ3) is 4.88. The number of hydrogen-bond donors (Lipinski definition) is 1. The van der Waals surface area contributed by atoms with Gasteiger partial charge in [0.2, 0.25) is 0 Å². The molecule has 156 valence electrons. The number of carbonyl (C=O) groups excluding carboxylic acids is 1. The predicted molar refractivity (Wildman–Crippen MR) is 109 cm³/mol. The quantitative estimate of drug-likeness (QED) is 0.419. The molecule has 1 aliphatic heterocycles. The normalized spacial score (nSPS) is 14.0. The van der Waals surface area contributed by atoms with Gasteiger partial charge in [-0.3, -0.25) is 25.0 Å². The number of nitrogens with zero attached hydrogens (tertiary/aromatic N) is 4. The van der Waals surface area contributed by atoms with Crippen molar-refractivity contribution in [1.82, 2.24) is 5.43 Å². The van der Waals surface area contributed by atoms with Gasteiger partial charge in [0.05, 0.1) is 29.3 Å². The van der Waals surface area contributed by atoms with Crippen LogP contribution >= 0.6 is 11.6 Å². The molecule has 1 heterocycles. The summed E-state index contributed by atoms with van der Waals surface area (Å²) in [7, 11) is 0. The average molecular weight is 434 g/mol. The monoisotopic (exact) mass is 433 g/mol. The number of ether oxygens (including phenoxy) is 1. The molecular weight excluding hydrogens is 418 g/mol. The lowest BCUT2D eigenvalue weighted by molar-refractivity contribution is -0.385. The highest BCUT2D eigenvalue weighted by atomic mass is 35.5.